The summed E-state index contributed by atoms with van der Waals surface area (Å²) in [5.74, 6) is 0.306. The normalized spacial score (nSPS) is 18.8. The predicted octanol–water partition coefficient (Wildman–Crippen LogP) is 2.14. The van der Waals surface area contributed by atoms with Gasteiger partial charge in [0.25, 0.3) is 0 Å². The average molecular weight is 260 g/mol. The molecule has 2 rings (SSSR count). The van der Waals surface area contributed by atoms with Crippen LogP contribution in [0.2, 0.25) is 0 Å². The molecule has 1 N–H and O–H groups in total. The monoisotopic (exact) mass is 260 g/mol. The largest absolute Gasteiger partial charge is 0.338 e. The van der Waals surface area contributed by atoms with Crippen LogP contribution in [0.3, 0.4) is 0 Å². The van der Waals surface area contributed by atoms with E-state index in [0.717, 1.165) is 32.4 Å². The lowest BCUT2D eigenvalue weighted by atomic mass is 10.0. The number of hydrogen-bond acceptors (Lipinski definition) is 2. The minimum atomic E-state index is 0.306. The van der Waals surface area contributed by atoms with E-state index in [0.29, 0.717) is 18.4 Å². The Balaban J connectivity index is 1.89. The molecule has 1 atom stereocenters. The van der Waals surface area contributed by atoms with Gasteiger partial charge in [-0.25, -0.2) is 0 Å². The number of aryl methyl sites for hydroxylation is 2. The third-order valence-corrected chi connectivity index (χ3v) is 4.01. The lowest BCUT2D eigenvalue weighted by Crippen LogP contribution is -2.40. The average Bonchev–Trinajstić information content (AvgIpc) is 2.86. The van der Waals surface area contributed by atoms with Crippen LogP contribution in [0.15, 0.2) is 24.3 Å². The summed E-state index contributed by atoms with van der Waals surface area (Å²) in [6.45, 7) is 3.95. The molecule has 3 nitrogen and oxygen atoms in total. The second-order valence-corrected chi connectivity index (χ2v) is 5.37. The second-order valence-electron chi connectivity index (χ2n) is 5.37. The first-order valence-electron chi connectivity index (χ1n) is 7.21. The molecule has 1 aliphatic heterocycles. The minimum absolute atomic E-state index is 0.306. The number of carbonyl (C=O) groups is 1. The van der Waals surface area contributed by atoms with Crippen molar-refractivity contribution in [3.05, 3.63) is 35.4 Å². The maximum Gasteiger partial charge on any atom is 0.223 e. The van der Waals surface area contributed by atoms with E-state index in [1.807, 2.05) is 19.2 Å². The van der Waals surface area contributed by atoms with Crippen LogP contribution in [0.1, 0.15) is 30.4 Å². The number of hydrogen-bond donors (Lipinski definition) is 1. The van der Waals surface area contributed by atoms with Crippen LogP contribution in [0, 0.1) is 6.92 Å². The molecule has 0 unspecified atom stereocenters. The Morgan fingerprint density at radius 2 is 2.21 bits per heavy atom. The van der Waals surface area contributed by atoms with Crippen LogP contribution < -0.4 is 5.32 Å². The highest BCUT2D eigenvalue weighted by atomic mass is 16.2. The van der Waals surface area contributed by atoms with E-state index in [1.54, 1.807) is 0 Å². The Bertz CT molecular complexity index is 431. The highest BCUT2D eigenvalue weighted by Gasteiger charge is 2.27. The fourth-order valence-corrected chi connectivity index (χ4v) is 2.89. The summed E-state index contributed by atoms with van der Waals surface area (Å²) in [7, 11) is 1.95. The zero-order chi connectivity index (χ0) is 13.7. The Hall–Kier alpha value is -1.35. The Labute approximate surface area is 116 Å². The molecule has 0 aliphatic carbocycles. The first-order chi connectivity index (χ1) is 9.22. The summed E-state index contributed by atoms with van der Waals surface area (Å²) in [5.41, 5.74) is 2.57. The molecule has 104 valence electrons. The van der Waals surface area contributed by atoms with E-state index in [1.165, 1.54) is 11.1 Å². The van der Waals surface area contributed by atoms with Crippen LogP contribution in [-0.2, 0) is 11.2 Å². The van der Waals surface area contributed by atoms with Crippen molar-refractivity contribution < 1.29 is 4.79 Å². The number of nitrogens with zero attached hydrogens (tertiary/aromatic N) is 1. The van der Waals surface area contributed by atoms with Crippen molar-refractivity contribution in [2.45, 2.75) is 38.6 Å². The summed E-state index contributed by atoms with van der Waals surface area (Å²) in [6.07, 6.45) is 3.76. The topological polar surface area (TPSA) is 32.3 Å². The van der Waals surface area contributed by atoms with E-state index in [-0.39, 0.29) is 0 Å². The van der Waals surface area contributed by atoms with E-state index < -0.39 is 0 Å². The lowest BCUT2D eigenvalue weighted by Gasteiger charge is -2.24. The predicted molar refractivity (Wildman–Crippen MR) is 78.2 cm³/mol. The van der Waals surface area contributed by atoms with Crippen LogP contribution in [0.25, 0.3) is 0 Å². The van der Waals surface area contributed by atoms with Crippen molar-refractivity contribution >= 4 is 5.91 Å². The summed E-state index contributed by atoms with van der Waals surface area (Å²) in [4.78, 5) is 14.4. The number of likely N-dealkylation sites (tertiary alicyclic amines) is 1. The standard InChI is InChI=1S/C16H24N2O/c1-13-6-3-4-7-14(13)9-10-16(19)18-11-5-8-15(18)12-17-2/h3-4,6-7,15,17H,5,8-12H2,1-2H3/t15-/m0/s1. The van der Waals surface area contributed by atoms with Crippen LogP contribution >= 0.6 is 0 Å². The molecule has 0 spiro atoms. The highest BCUT2D eigenvalue weighted by molar-refractivity contribution is 5.77. The number of carbonyl (C=O) groups excluding carboxylic acids is 1. The third-order valence-electron chi connectivity index (χ3n) is 4.01. The molecule has 0 aromatic heterocycles. The van der Waals surface area contributed by atoms with Crippen molar-refractivity contribution in [3.8, 4) is 0 Å². The van der Waals surface area contributed by atoms with Crippen molar-refractivity contribution in [1.29, 1.82) is 0 Å². The third kappa shape index (κ3) is 3.57. The van der Waals surface area contributed by atoms with Gasteiger partial charge in [0.15, 0.2) is 0 Å². The van der Waals surface area contributed by atoms with E-state index >= 15 is 0 Å². The van der Waals surface area contributed by atoms with E-state index in [4.69, 9.17) is 0 Å². The van der Waals surface area contributed by atoms with Crippen LogP contribution in [0.4, 0.5) is 0 Å². The fourth-order valence-electron chi connectivity index (χ4n) is 2.89. The van der Waals surface area contributed by atoms with Gasteiger partial charge in [-0.1, -0.05) is 24.3 Å². The maximum atomic E-state index is 12.3. The first-order valence-corrected chi connectivity index (χ1v) is 7.21. The van der Waals surface area contributed by atoms with Gasteiger partial charge in [0.2, 0.25) is 5.91 Å². The molecule has 1 aromatic carbocycles. The Morgan fingerprint density at radius 3 is 2.95 bits per heavy atom. The molecule has 0 saturated carbocycles. The van der Waals surface area contributed by atoms with Gasteiger partial charge in [-0.2, -0.15) is 0 Å². The number of likely N-dealkylation sites (N-methyl/N-ethyl adjacent to an activating group) is 1. The molecule has 1 aliphatic rings. The number of benzene rings is 1. The molecule has 0 bridgehead atoms. The number of nitrogens with one attached hydrogen (secondary N) is 1. The second kappa shape index (κ2) is 6.71. The summed E-state index contributed by atoms with van der Waals surface area (Å²) in [6, 6.07) is 8.72. The van der Waals surface area contributed by atoms with Gasteiger partial charge in [0, 0.05) is 25.6 Å². The van der Waals surface area contributed by atoms with Gasteiger partial charge in [0.05, 0.1) is 0 Å². The van der Waals surface area contributed by atoms with Crippen molar-refractivity contribution in [2.24, 2.45) is 0 Å². The maximum absolute atomic E-state index is 12.3. The quantitative estimate of drug-likeness (QED) is 0.879. The van der Waals surface area contributed by atoms with Gasteiger partial charge >= 0.3 is 0 Å². The fraction of sp³-hybridized carbons (Fsp3) is 0.562. The van der Waals surface area contributed by atoms with Gasteiger partial charge < -0.3 is 10.2 Å². The number of rotatable bonds is 5. The van der Waals surface area contributed by atoms with Gasteiger partial charge in [0.1, 0.15) is 0 Å². The zero-order valence-corrected chi connectivity index (χ0v) is 12.0. The van der Waals surface area contributed by atoms with Gasteiger partial charge in [-0.05, 0) is 44.4 Å². The summed E-state index contributed by atoms with van der Waals surface area (Å²) in [5, 5.41) is 3.18. The minimum Gasteiger partial charge on any atom is -0.338 e. The van der Waals surface area contributed by atoms with Crippen molar-refractivity contribution in [2.75, 3.05) is 20.1 Å². The van der Waals surface area contributed by atoms with E-state index in [2.05, 4.69) is 29.3 Å². The molecular weight excluding hydrogens is 236 g/mol. The number of amides is 1. The summed E-state index contributed by atoms with van der Waals surface area (Å²) < 4.78 is 0. The van der Waals surface area contributed by atoms with Gasteiger partial charge in [-0.15, -0.1) is 0 Å². The smallest absolute Gasteiger partial charge is 0.223 e. The van der Waals surface area contributed by atoms with Crippen LogP contribution in [-0.4, -0.2) is 37.0 Å². The molecule has 19 heavy (non-hydrogen) atoms. The molecule has 1 aromatic rings. The molecular formula is C16H24N2O. The Morgan fingerprint density at radius 1 is 1.42 bits per heavy atom. The van der Waals surface area contributed by atoms with E-state index in [9.17, 15) is 4.79 Å². The van der Waals surface area contributed by atoms with Crippen molar-refractivity contribution in [3.63, 3.8) is 0 Å². The highest BCUT2D eigenvalue weighted by Crippen LogP contribution is 2.19. The lowest BCUT2D eigenvalue weighted by molar-refractivity contribution is -0.131. The zero-order valence-electron chi connectivity index (χ0n) is 12.0. The molecule has 1 fully saturated rings. The molecule has 1 saturated heterocycles. The van der Waals surface area contributed by atoms with Gasteiger partial charge in [-0.3, -0.25) is 4.79 Å². The van der Waals surface area contributed by atoms with Crippen LogP contribution in [0.5, 0.6) is 0 Å². The summed E-state index contributed by atoms with van der Waals surface area (Å²) >= 11 is 0. The molecule has 1 heterocycles. The Kier molecular flexibility index (Phi) is 4.97. The molecule has 1 amide bonds. The molecule has 0 radical (unpaired) electrons. The first kappa shape index (κ1) is 14.1. The molecule has 3 heteroatoms. The van der Waals surface area contributed by atoms with Crippen molar-refractivity contribution in [1.82, 2.24) is 10.2 Å². The SMILES string of the molecule is CNC[C@@H]1CCCN1C(=O)CCc1ccccc1C.